The summed E-state index contributed by atoms with van der Waals surface area (Å²) in [6.07, 6.45) is 0.199. The predicted molar refractivity (Wildman–Crippen MR) is 72.7 cm³/mol. The molecule has 0 radical (unpaired) electrons. The summed E-state index contributed by atoms with van der Waals surface area (Å²) in [5.74, 6) is -1.51. The van der Waals surface area contributed by atoms with E-state index < -0.39 is 5.97 Å². The van der Waals surface area contributed by atoms with E-state index in [-0.39, 0.29) is 36.4 Å². The number of nitrogens with zero attached hydrogens (tertiary/aromatic N) is 1. The molecule has 0 fully saturated rings. The lowest BCUT2D eigenvalue weighted by Crippen LogP contribution is -2.41. The molecule has 1 aromatic carbocycles. The summed E-state index contributed by atoms with van der Waals surface area (Å²) >= 11 is 0. The molecule has 1 heterocycles. The minimum atomic E-state index is -1.06. The molecule has 6 heteroatoms. The van der Waals surface area contributed by atoms with Gasteiger partial charge in [-0.25, -0.2) is 4.79 Å². The van der Waals surface area contributed by atoms with Gasteiger partial charge in [-0.3, -0.25) is 9.59 Å². The highest BCUT2D eigenvalue weighted by Crippen LogP contribution is 2.29. The number of carboxylic acids is 1. The maximum atomic E-state index is 11.9. The van der Waals surface area contributed by atoms with Gasteiger partial charge in [0.05, 0.1) is 12.0 Å². The molecule has 1 aliphatic rings. The average Bonchev–Trinajstić information content (AvgIpc) is 2.64. The molecule has 0 aliphatic carbocycles. The second kappa shape index (κ2) is 5.32. The average molecular weight is 276 g/mol. The molecule has 2 amide bonds. The lowest BCUT2D eigenvalue weighted by molar-refractivity contribution is -0.123. The van der Waals surface area contributed by atoms with Crippen molar-refractivity contribution in [3.63, 3.8) is 0 Å². The van der Waals surface area contributed by atoms with Gasteiger partial charge in [0.2, 0.25) is 11.8 Å². The molecule has 0 spiro atoms. The second-order valence-corrected chi connectivity index (χ2v) is 5.03. The Morgan fingerprint density at radius 3 is 2.70 bits per heavy atom. The third-order valence-corrected chi connectivity index (χ3v) is 3.02. The number of amides is 2. The fraction of sp³-hybridized carbons (Fsp3) is 0.357. The Balaban J connectivity index is 2.24. The number of nitrogens with one attached hydrogen (secondary N) is 1. The van der Waals surface area contributed by atoms with Gasteiger partial charge in [0.15, 0.2) is 0 Å². The maximum absolute atomic E-state index is 11.9. The summed E-state index contributed by atoms with van der Waals surface area (Å²) in [4.78, 5) is 36.0. The zero-order valence-corrected chi connectivity index (χ0v) is 11.3. The minimum absolute atomic E-state index is 0.00923. The van der Waals surface area contributed by atoms with Crippen LogP contribution < -0.4 is 10.2 Å². The fourth-order valence-electron chi connectivity index (χ4n) is 2.17. The number of hydrogen-bond acceptors (Lipinski definition) is 3. The lowest BCUT2D eigenvalue weighted by Gasteiger charge is -2.18. The largest absolute Gasteiger partial charge is 0.478 e. The van der Waals surface area contributed by atoms with Crippen molar-refractivity contribution in [3.05, 3.63) is 29.3 Å². The summed E-state index contributed by atoms with van der Waals surface area (Å²) in [5, 5.41) is 11.7. The van der Waals surface area contributed by atoms with E-state index >= 15 is 0 Å². The van der Waals surface area contributed by atoms with E-state index in [1.807, 2.05) is 13.8 Å². The van der Waals surface area contributed by atoms with Crippen LogP contribution in [0.1, 0.15) is 29.8 Å². The third-order valence-electron chi connectivity index (χ3n) is 3.02. The Kier molecular flexibility index (Phi) is 3.74. The van der Waals surface area contributed by atoms with Gasteiger partial charge in [-0.1, -0.05) is 6.07 Å². The lowest BCUT2D eigenvalue weighted by atomic mass is 10.1. The van der Waals surface area contributed by atoms with Gasteiger partial charge in [-0.2, -0.15) is 0 Å². The van der Waals surface area contributed by atoms with Gasteiger partial charge < -0.3 is 15.3 Å². The van der Waals surface area contributed by atoms with Crippen molar-refractivity contribution in [1.82, 2.24) is 5.32 Å². The highest BCUT2D eigenvalue weighted by Gasteiger charge is 2.29. The molecule has 2 N–H and O–H groups in total. The smallest absolute Gasteiger partial charge is 0.335 e. The van der Waals surface area contributed by atoms with Crippen molar-refractivity contribution >= 4 is 23.5 Å². The Morgan fingerprint density at radius 2 is 2.10 bits per heavy atom. The standard InChI is InChI=1S/C14H16N2O4/c1-8(2)15-12(17)7-16-11-5-10(14(19)20)4-3-9(11)6-13(16)18/h3-5,8H,6-7H2,1-2H3,(H,15,17)(H,19,20). The van der Waals surface area contributed by atoms with Crippen LogP contribution in [0.2, 0.25) is 0 Å². The molecule has 0 aromatic heterocycles. The van der Waals surface area contributed by atoms with Gasteiger partial charge in [0.1, 0.15) is 6.54 Å². The number of rotatable bonds is 4. The van der Waals surface area contributed by atoms with E-state index in [1.165, 1.54) is 17.0 Å². The molecular formula is C14H16N2O4. The van der Waals surface area contributed by atoms with Gasteiger partial charge >= 0.3 is 5.97 Å². The SMILES string of the molecule is CC(C)NC(=O)CN1C(=O)Cc2ccc(C(=O)O)cc21. The van der Waals surface area contributed by atoms with Crippen LogP contribution >= 0.6 is 0 Å². The first-order chi connectivity index (χ1) is 9.38. The van der Waals surface area contributed by atoms with Gasteiger partial charge in [0.25, 0.3) is 0 Å². The summed E-state index contributed by atoms with van der Waals surface area (Å²) in [6.45, 7) is 3.58. The first-order valence-corrected chi connectivity index (χ1v) is 6.34. The summed E-state index contributed by atoms with van der Waals surface area (Å²) in [5.41, 5.74) is 1.36. The number of carbonyl (C=O) groups is 3. The van der Waals surface area contributed by atoms with E-state index in [4.69, 9.17) is 5.11 Å². The monoisotopic (exact) mass is 276 g/mol. The Hall–Kier alpha value is -2.37. The van der Waals surface area contributed by atoms with Gasteiger partial charge in [-0.05, 0) is 31.5 Å². The van der Waals surface area contributed by atoms with Crippen LogP contribution in [0, 0.1) is 0 Å². The van der Waals surface area contributed by atoms with Crippen molar-refractivity contribution < 1.29 is 19.5 Å². The number of hydrogen-bond donors (Lipinski definition) is 2. The first kappa shape index (κ1) is 14.0. The minimum Gasteiger partial charge on any atom is -0.478 e. The summed E-state index contributed by atoms with van der Waals surface area (Å²) in [7, 11) is 0. The van der Waals surface area contributed by atoms with Crippen molar-refractivity contribution in [2.75, 3.05) is 11.4 Å². The Bertz CT molecular complexity index is 581. The van der Waals surface area contributed by atoms with Gasteiger partial charge in [0, 0.05) is 11.7 Å². The molecule has 6 nitrogen and oxygen atoms in total. The number of fused-ring (bicyclic) bond motifs is 1. The summed E-state index contributed by atoms with van der Waals surface area (Å²) in [6, 6.07) is 4.51. The highest BCUT2D eigenvalue weighted by atomic mass is 16.4. The maximum Gasteiger partial charge on any atom is 0.335 e. The second-order valence-electron chi connectivity index (χ2n) is 5.03. The molecule has 106 valence electrons. The van der Waals surface area contributed by atoms with E-state index in [2.05, 4.69) is 5.32 Å². The quantitative estimate of drug-likeness (QED) is 0.851. The topological polar surface area (TPSA) is 86.7 Å². The molecule has 0 saturated heterocycles. The van der Waals surface area contributed by atoms with E-state index in [0.717, 1.165) is 5.56 Å². The molecule has 0 bridgehead atoms. The molecule has 1 aliphatic heterocycles. The van der Waals surface area contributed by atoms with Crippen LogP contribution in [0.25, 0.3) is 0 Å². The molecule has 0 unspecified atom stereocenters. The Morgan fingerprint density at radius 1 is 1.40 bits per heavy atom. The third kappa shape index (κ3) is 2.79. The zero-order valence-electron chi connectivity index (χ0n) is 11.3. The molecule has 0 saturated carbocycles. The molecule has 0 atom stereocenters. The van der Waals surface area contributed by atoms with Crippen molar-refractivity contribution in [2.45, 2.75) is 26.3 Å². The molecule has 2 rings (SSSR count). The first-order valence-electron chi connectivity index (χ1n) is 6.34. The van der Waals surface area contributed by atoms with E-state index in [9.17, 15) is 14.4 Å². The van der Waals surface area contributed by atoms with Crippen LogP contribution in [0.15, 0.2) is 18.2 Å². The van der Waals surface area contributed by atoms with Crippen LogP contribution in [0.3, 0.4) is 0 Å². The number of anilines is 1. The van der Waals surface area contributed by atoms with Crippen LogP contribution in [0.5, 0.6) is 0 Å². The zero-order chi connectivity index (χ0) is 14.9. The number of carbonyl (C=O) groups excluding carboxylic acids is 2. The number of benzene rings is 1. The normalized spacial score (nSPS) is 13.6. The Labute approximate surface area is 116 Å². The van der Waals surface area contributed by atoms with Crippen LogP contribution in [-0.4, -0.2) is 35.5 Å². The van der Waals surface area contributed by atoms with E-state index in [0.29, 0.717) is 5.69 Å². The predicted octanol–water partition coefficient (Wildman–Crippen LogP) is 0.798. The number of aromatic carboxylic acids is 1. The number of carboxylic acid groups (broad SMARTS) is 1. The van der Waals surface area contributed by atoms with E-state index in [1.54, 1.807) is 6.07 Å². The van der Waals surface area contributed by atoms with Crippen molar-refractivity contribution in [3.8, 4) is 0 Å². The molecule has 1 aromatic rings. The van der Waals surface area contributed by atoms with Crippen molar-refractivity contribution in [1.29, 1.82) is 0 Å². The molecule has 20 heavy (non-hydrogen) atoms. The van der Waals surface area contributed by atoms with Gasteiger partial charge in [-0.15, -0.1) is 0 Å². The highest BCUT2D eigenvalue weighted by molar-refractivity contribution is 6.06. The summed E-state index contributed by atoms with van der Waals surface area (Å²) < 4.78 is 0. The molecular weight excluding hydrogens is 260 g/mol. The fourth-order valence-corrected chi connectivity index (χ4v) is 2.17. The van der Waals surface area contributed by atoms with Crippen LogP contribution in [0.4, 0.5) is 5.69 Å². The van der Waals surface area contributed by atoms with Crippen LogP contribution in [-0.2, 0) is 16.0 Å². The van der Waals surface area contributed by atoms with Crippen molar-refractivity contribution in [2.24, 2.45) is 0 Å².